The van der Waals surface area contributed by atoms with Crippen LogP contribution in [0.3, 0.4) is 0 Å². The van der Waals surface area contributed by atoms with Crippen molar-refractivity contribution in [2.45, 2.75) is 26.7 Å². The molecule has 0 saturated heterocycles. The second kappa shape index (κ2) is 7.04. The van der Waals surface area contributed by atoms with Gasteiger partial charge in [0.15, 0.2) is 0 Å². The molecule has 2 N–H and O–H groups in total. The molecule has 21 heavy (non-hydrogen) atoms. The lowest BCUT2D eigenvalue weighted by molar-refractivity contribution is -0.116. The van der Waals surface area contributed by atoms with Gasteiger partial charge in [-0.25, -0.2) is 0 Å². The molecule has 0 aliphatic rings. The maximum absolute atomic E-state index is 12.0. The Morgan fingerprint density at radius 1 is 1.14 bits per heavy atom. The number of thiophene rings is 1. The van der Waals surface area contributed by atoms with E-state index < -0.39 is 0 Å². The summed E-state index contributed by atoms with van der Waals surface area (Å²) in [5.74, 6) is -0.150. The third-order valence-electron chi connectivity index (χ3n) is 3.14. The van der Waals surface area contributed by atoms with E-state index in [9.17, 15) is 9.59 Å². The first-order chi connectivity index (χ1) is 10.1. The molecule has 0 unspecified atom stereocenters. The van der Waals surface area contributed by atoms with Crippen LogP contribution in [0, 0.1) is 6.92 Å². The fourth-order valence-corrected chi connectivity index (χ4v) is 2.70. The lowest BCUT2D eigenvalue weighted by atomic mass is 10.1. The molecular formula is C16H18N2O2S. The van der Waals surface area contributed by atoms with Crippen molar-refractivity contribution >= 4 is 34.5 Å². The Morgan fingerprint density at radius 2 is 1.86 bits per heavy atom. The van der Waals surface area contributed by atoms with Crippen molar-refractivity contribution in [1.82, 2.24) is 0 Å². The van der Waals surface area contributed by atoms with Gasteiger partial charge in [-0.1, -0.05) is 6.07 Å². The van der Waals surface area contributed by atoms with Crippen LogP contribution in [0.4, 0.5) is 11.4 Å². The molecule has 5 heteroatoms. The number of aryl methyl sites for hydroxylation is 1. The van der Waals surface area contributed by atoms with Gasteiger partial charge in [0.25, 0.3) is 0 Å². The number of anilines is 2. The fraction of sp³-hybridized carbons (Fsp3) is 0.250. The number of benzene rings is 1. The summed E-state index contributed by atoms with van der Waals surface area (Å²) in [6, 6.07) is 7.49. The Kier molecular flexibility index (Phi) is 5.11. The van der Waals surface area contributed by atoms with Crippen molar-refractivity contribution in [3.63, 3.8) is 0 Å². The van der Waals surface area contributed by atoms with Crippen LogP contribution in [0.2, 0.25) is 0 Å². The topological polar surface area (TPSA) is 58.2 Å². The Hall–Kier alpha value is -2.14. The largest absolute Gasteiger partial charge is 0.326 e. The van der Waals surface area contributed by atoms with Gasteiger partial charge >= 0.3 is 0 Å². The number of carbonyl (C=O) groups is 2. The molecule has 0 aliphatic carbocycles. The zero-order chi connectivity index (χ0) is 15.2. The van der Waals surface area contributed by atoms with Gasteiger partial charge in [-0.05, 0) is 53.4 Å². The van der Waals surface area contributed by atoms with E-state index in [0.29, 0.717) is 6.42 Å². The van der Waals surface area contributed by atoms with Gasteiger partial charge in [-0.2, -0.15) is 11.3 Å². The Balaban J connectivity index is 1.98. The molecular weight excluding hydrogens is 284 g/mol. The first kappa shape index (κ1) is 15.3. The van der Waals surface area contributed by atoms with E-state index in [2.05, 4.69) is 16.0 Å². The molecule has 0 spiro atoms. The van der Waals surface area contributed by atoms with Gasteiger partial charge in [0.2, 0.25) is 11.8 Å². The second-order valence-electron chi connectivity index (χ2n) is 4.84. The summed E-state index contributed by atoms with van der Waals surface area (Å²) in [6.07, 6.45) is 1.18. The van der Waals surface area contributed by atoms with Crippen molar-refractivity contribution in [2.75, 3.05) is 10.6 Å². The molecule has 1 aromatic heterocycles. The predicted molar refractivity (Wildman–Crippen MR) is 86.8 cm³/mol. The van der Waals surface area contributed by atoms with Crippen molar-refractivity contribution in [1.29, 1.82) is 0 Å². The monoisotopic (exact) mass is 302 g/mol. The van der Waals surface area contributed by atoms with Crippen LogP contribution in [-0.4, -0.2) is 11.8 Å². The maximum Gasteiger partial charge on any atom is 0.224 e. The average molecular weight is 302 g/mol. The summed E-state index contributed by atoms with van der Waals surface area (Å²) in [5, 5.41) is 9.71. The highest BCUT2D eigenvalue weighted by Gasteiger charge is 2.08. The van der Waals surface area contributed by atoms with Gasteiger partial charge in [-0.3, -0.25) is 9.59 Å². The van der Waals surface area contributed by atoms with Crippen LogP contribution in [0.5, 0.6) is 0 Å². The highest BCUT2D eigenvalue weighted by atomic mass is 32.1. The summed E-state index contributed by atoms with van der Waals surface area (Å²) in [7, 11) is 0. The molecule has 2 rings (SSSR count). The molecule has 0 fully saturated rings. The fourth-order valence-electron chi connectivity index (χ4n) is 2.00. The number of nitrogens with one attached hydrogen (secondary N) is 2. The Bertz CT molecular complexity index is 636. The van der Waals surface area contributed by atoms with Gasteiger partial charge in [-0.15, -0.1) is 0 Å². The van der Waals surface area contributed by atoms with E-state index in [1.165, 1.54) is 12.5 Å². The van der Waals surface area contributed by atoms with Gasteiger partial charge in [0.1, 0.15) is 0 Å². The summed E-state index contributed by atoms with van der Waals surface area (Å²) < 4.78 is 0. The normalized spacial score (nSPS) is 10.2. The van der Waals surface area contributed by atoms with E-state index in [1.54, 1.807) is 11.3 Å². The first-order valence-electron chi connectivity index (χ1n) is 6.74. The molecule has 0 aliphatic heterocycles. The first-order valence-corrected chi connectivity index (χ1v) is 7.68. The van der Waals surface area contributed by atoms with E-state index in [-0.39, 0.29) is 11.8 Å². The van der Waals surface area contributed by atoms with Crippen LogP contribution in [0.1, 0.15) is 24.5 Å². The third-order valence-corrected chi connectivity index (χ3v) is 3.87. The molecule has 2 aromatic rings. The minimum atomic E-state index is -0.126. The highest BCUT2D eigenvalue weighted by molar-refractivity contribution is 7.07. The average Bonchev–Trinajstić information content (AvgIpc) is 2.94. The maximum atomic E-state index is 12.0. The van der Waals surface area contributed by atoms with Gasteiger partial charge in [0.05, 0.1) is 0 Å². The molecule has 1 aromatic carbocycles. The van der Waals surface area contributed by atoms with Crippen LogP contribution in [0.15, 0.2) is 35.0 Å². The zero-order valence-corrected chi connectivity index (χ0v) is 12.9. The van der Waals surface area contributed by atoms with Crippen LogP contribution >= 0.6 is 11.3 Å². The van der Waals surface area contributed by atoms with Crippen LogP contribution in [0.25, 0.3) is 0 Å². The summed E-state index contributed by atoms with van der Waals surface area (Å²) in [6.45, 7) is 3.34. The van der Waals surface area contributed by atoms with Crippen LogP contribution < -0.4 is 10.6 Å². The van der Waals surface area contributed by atoms with Crippen molar-refractivity contribution in [3.05, 3.63) is 46.2 Å². The van der Waals surface area contributed by atoms with Crippen molar-refractivity contribution in [3.8, 4) is 0 Å². The van der Waals surface area contributed by atoms with Crippen LogP contribution in [-0.2, 0) is 16.0 Å². The van der Waals surface area contributed by atoms with E-state index >= 15 is 0 Å². The van der Waals surface area contributed by atoms with Gasteiger partial charge in [0, 0.05) is 24.7 Å². The van der Waals surface area contributed by atoms with Gasteiger partial charge < -0.3 is 10.6 Å². The minimum absolute atomic E-state index is 0.0238. The molecule has 2 amide bonds. The Morgan fingerprint density at radius 3 is 2.48 bits per heavy atom. The van der Waals surface area contributed by atoms with E-state index in [4.69, 9.17) is 0 Å². The quantitative estimate of drug-likeness (QED) is 0.887. The number of hydrogen-bond acceptors (Lipinski definition) is 3. The number of hydrogen-bond donors (Lipinski definition) is 2. The third kappa shape index (κ3) is 4.43. The lowest BCUT2D eigenvalue weighted by Crippen LogP contribution is -2.14. The minimum Gasteiger partial charge on any atom is -0.326 e. The van der Waals surface area contributed by atoms with E-state index in [1.807, 2.05) is 36.6 Å². The van der Waals surface area contributed by atoms with E-state index in [0.717, 1.165) is 23.4 Å². The summed E-state index contributed by atoms with van der Waals surface area (Å²) in [4.78, 5) is 23.1. The molecule has 0 bridgehead atoms. The molecule has 0 saturated carbocycles. The number of rotatable bonds is 5. The highest BCUT2D eigenvalue weighted by Crippen LogP contribution is 2.23. The summed E-state index contributed by atoms with van der Waals surface area (Å²) >= 11 is 1.63. The molecule has 0 radical (unpaired) electrons. The molecule has 110 valence electrons. The SMILES string of the molecule is CC(=O)Nc1cccc(NC(=O)CCc2ccsc2)c1C. The lowest BCUT2D eigenvalue weighted by Gasteiger charge is -2.12. The van der Waals surface area contributed by atoms with Crippen molar-refractivity contribution < 1.29 is 9.59 Å². The summed E-state index contributed by atoms with van der Waals surface area (Å²) in [5.41, 5.74) is 3.49. The molecule has 0 atom stereocenters. The molecule has 4 nitrogen and oxygen atoms in total. The number of amides is 2. The zero-order valence-electron chi connectivity index (χ0n) is 12.1. The second-order valence-corrected chi connectivity index (χ2v) is 5.62. The number of carbonyl (C=O) groups excluding carboxylic acids is 2. The van der Waals surface area contributed by atoms with Crippen molar-refractivity contribution in [2.24, 2.45) is 0 Å². The smallest absolute Gasteiger partial charge is 0.224 e. The predicted octanol–water partition coefficient (Wildman–Crippen LogP) is 3.59. The molecule has 1 heterocycles. The Labute approximate surface area is 128 Å². The standard InChI is InChI=1S/C16H18N2O2S/c1-11-14(17-12(2)19)4-3-5-15(11)18-16(20)7-6-13-8-9-21-10-13/h3-5,8-10H,6-7H2,1-2H3,(H,17,19)(H,18,20).